The summed E-state index contributed by atoms with van der Waals surface area (Å²) in [6.07, 6.45) is 4.60. The number of aliphatic hydroxyl groups excluding tert-OH is 1. The summed E-state index contributed by atoms with van der Waals surface area (Å²) in [5.74, 6) is -0.0737. The highest BCUT2D eigenvalue weighted by Gasteiger charge is 2.42. The smallest absolute Gasteiger partial charge is 0.237 e. The first kappa shape index (κ1) is 35.4. The zero-order valence-electron chi connectivity index (χ0n) is 28.5. The van der Waals surface area contributed by atoms with Gasteiger partial charge in [-0.25, -0.2) is 0 Å². The van der Waals surface area contributed by atoms with Gasteiger partial charge in [0.25, 0.3) is 0 Å². The maximum absolute atomic E-state index is 13.8. The Hall–Kier alpha value is -3.86. The molecule has 48 heavy (non-hydrogen) atoms. The topological polar surface area (TPSA) is 150 Å². The molecule has 10 nitrogen and oxygen atoms in total. The lowest BCUT2D eigenvalue weighted by Gasteiger charge is -2.47. The van der Waals surface area contributed by atoms with Gasteiger partial charge in [0.1, 0.15) is 0 Å². The lowest BCUT2D eigenvalue weighted by Crippen LogP contribution is -2.61. The Morgan fingerprint density at radius 2 is 1.69 bits per heavy atom. The van der Waals surface area contributed by atoms with E-state index in [1.54, 1.807) is 0 Å². The van der Waals surface area contributed by atoms with E-state index in [2.05, 4.69) is 25.8 Å². The summed E-state index contributed by atoms with van der Waals surface area (Å²) in [6.45, 7) is 7.17. The molecular formula is C38H52N6O4. The zero-order valence-corrected chi connectivity index (χ0v) is 28.5. The molecule has 1 saturated heterocycles. The molecule has 2 aromatic carbocycles. The molecule has 258 valence electrons. The number of para-hydroxylation sites is 1. The van der Waals surface area contributed by atoms with Crippen molar-refractivity contribution in [3.05, 3.63) is 78.0 Å². The van der Waals surface area contributed by atoms with Crippen molar-refractivity contribution >= 4 is 28.6 Å². The minimum Gasteiger partial charge on any atom is -0.390 e. The summed E-state index contributed by atoms with van der Waals surface area (Å²) in [7, 11) is 0. The molecule has 5 rings (SSSR count). The van der Waals surface area contributed by atoms with Crippen LogP contribution in [0.25, 0.3) is 10.9 Å². The SMILES string of the molecule is CC(C)(C)NC(=O)C1C[C@@H]2CCCC[C@@H]2CN1CC(O)C(Cc1ccccc1)NC(=O)[C@H](CC(N)=O)NCc1ccc2ccccc2n1. The molecular weight excluding hydrogens is 604 g/mol. The van der Waals surface area contributed by atoms with Gasteiger partial charge < -0.3 is 21.5 Å². The molecule has 3 unspecified atom stereocenters. The van der Waals surface area contributed by atoms with Crippen LogP contribution in [0, 0.1) is 11.8 Å². The monoisotopic (exact) mass is 656 g/mol. The van der Waals surface area contributed by atoms with E-state index in [-0.39, 0.29) is 37.0 Å². The minimum absolute atomic E-state index is 0.0182. The van der Waals surface area contributed by atoms with E-state index >= 15 is 0 Å². The van der Waals surface area contributed by atoms with Crippen LogP contribution < -0.4 is 21.7 Å². The van der Waals surface area contributed by atoms with Crippen LogP contribution in [0.4, 0.5) is 0 Å². The molecule has 0 spiro atoms. The Morgan fingerprint density at radius 1 is 0.979 bits per heavy atom. The van der Waals surface area contributed by atoms with Crippen LogP contribution >= 0.6 is 0 Å². The number of hydrogen-bond donors (Lipinski definition) is 5. The van der Waals surface area contributed by atoms with Gasteiger partial charge in [0, 0.05) is 30.6 Å². The van der Waals surface area contributed by atoms with Gasteiger partial charge in [0.15, 0.2) is 0 Å². The van der Waals surface area contributed by atoms with Crippen LogP contribution in [0.15, 0.2) is 66.7 Å². The summed E-state index contributed by atoms with van der Waals surface area (Å²) in [6, 6.07) is 19.4. The number of carbonyl (C=O) groups excluding carboxylic acids is 3. The number of β-amino-alcohol motifs (C(OH)–C–C–N with tert-alkyl or cyclic N) is 1. The molecule has 3 amide bonds. The Labute approximate surface area is 284 Å². The number of aromatic nitrogens is 1. The average Bonchev–Trinajstić information content (AvgIpc) is 3.05. The van der Waals surface area contributed by atoms with Crippen LogP contribution in [-0.4, -0.2) is 75.6 Å². The number of fused-ring (bicyclic) bond motifs is 2. The predicted molar refractivity (Wildman–Crippen MR) is 188 cm³/mol. The maximum atomic E-state index is 13.8. The minimum atomic E-state index is -0.976. The second kappa shape index (κ2) is 16.0. The Bertz CT molecular complexity index is 1540. The van der Waals surface area contributed by atoms with Gasteiger partial charge >= 0.3 is 0 Å². The number of likely N-dealkylation sites (tertiary alicyclic amines) is 1. The summed E-state index contributed by atoms with van der Waals surface area (Å²) < 4.78 is 0. The molecule has 0 bridgehead atoms. The number of rotatable bonds is 13. The molecule has 2 aliphatic rings. The first-order chi connectivity index (χ1) is 22.9. The Kier molecular flexibility index (Phi) is 11.8. The normalized spacial score (nSPS) is 21.9. The fraction of sp³-hybridized carbons (Fsp3) is 0.526. The second-order valence-electron chi connectivity index (χ2n) is 14.7. The third-order valence-corrected chi connectivity index (χ3v) is 9.72. The first-order valence-corrected chi connectivity index (χ1v) is 17.4. The molecule has 1 aliphatic carbocycles. The number of benzene rings is 2. The van der Waals surface area contributed by atoms with Gasteiger partial charge in [0.2, 0.25) is 17.7 Å². The van der Waals surface area contributed by atoms with E-state index in [1.807, 2.05) is 87.5 Å². The van der Waals surface area contributed by atoms with E-state index in [4.69, 9.17) is 5.73 Å². The lowest BCUT2D eigenvalue weighted by atomic mass is 9.72. The van der Waals surface area contributed by atoms with Gasteiger partial charge in [-0.2, -0.15) is 0 Å². The van der Waals surface area contributed by atoms with Crippen LogP contribution in [-0.2, 0) is 27.3 Å². The van der Waals surface area contributed by atoms with Crippen molar-refractivity contribution < 1.29 is 19.5 Å². The van der Waals surface area contributed by atoms with Crippen molar-refractivity contribution in [1.82, 2.24) is 25.8 Å². The number of nitrogens with one attached hydrogen (secondary N) is 3. The first-order valence-electron chi connectivity index (χ1n) is 17.4. The molecule has 1 saturated carbocycles. The van der Waals surface area contributed by atoms with E-state index in [9.17, 15) is 19.5 Å². The van der Waals surface area contributed by atoms with Crippen molar-refractivity contribution in [1.29, 1.82) is 0 Å². The van der Waals surface area contributed by atoms with Crippen molar-refractivity contribution in [3.63, 3.8) is 0 Å². The van der Waals surface area contributed by atoms with Gasteiger partial charge in [0.05, 0.1) is 41.9 Å². The summed E-state index contributed by atoms with van der Waals surface area (Å²) >= 11 is 0. The van der Waals surface area contributed by atoms with Gasteiger partial charge in [-0.3, -0.25) is 29.6 Å². The summed E-state index contributed by atoms with van der Waals surface area (Å²) in [5.41, 5.74) is 7.73. The van der Waals surface area contributed by atoms with E-state index in [1.165, 1.54) is 12.8 Å². The predicted octanol–water partition coefficient (Wildman–Crippen LogP) is 3.45. The Morgan fingerprint density at radius 3 is 2.42 bits per heavy atom. The van der Waals surface area contributed by atoms with Crippen LogP contribution in [0.1, 0.15) is 70.6 Å². The molecule has 3 aromatic rings. The molecule has 10 heteroatoms. The van der Waals surface area contributed by atoms with E-state index in [0.29, 0.717) is 18.3 Å². The number of hydrogen-bond acceptors (Lipinski definition) is 7. The molecule has 6 N–H and O–H groups in total. The van der Waals surface area contributed by atoms with Crippen LogP contribution in [0.2, 0.25) is 0 Å². The van der Waals surface area contributed by atoms with Crippen LogP contribution in [0.3, 0.4) is 0 Å². The summed E-state index contributed by atoms with van der Waals surface area (Å²) in [4.78, 5) is 46.3. The number of piperidine rings is 1. The second-order valence-corrected chi connectivity index (χ2v) is 14.7. The number of amides is 3. The largest absolute Gasteiger partial charge is 0.390 e. The maximum Gasteiger partial charge on any atom is 0.237 e. The Balaban J connectivity index is 1.33. The van der Waals surface area contributed by atoms with Crippen molar-refractivity contribution in [2.45, 2.75) is 102 Å². The fourth-order valence-electron chi connectivity index (χ4n) is 7.32. The number of aliphatic hydroxyl groups is 1. The number of nitrogens with zero attached hydrogens (tertiary/aromatic N) is 2. The van der Waals surface area contributed by atoms with Crippen molar-refractivity contribution in [2.75, 3.05) is 13.1 Å². The molecule has 0 radical (unpaired) electrons. The highest BCUT2D eigenvalue weighted by Crippen LogP contribution is 2.39. The van der Waals surface area contributed by atoms with E-state index < -0.39 is 30.0 Å². The number of carbonyl (C=O) groups is 3. The van der Waals surface area contributed by atoms with Crippen molar-refractivity contribution in [2.24, 2.45) is 17.6 Å². The average molecular weight is 657 g/mol. The van der Waals surface area contributed by atoms with Crippen LogP contribution in [0.5, 0.6) is 0 Å². The highest BCUT2D eigenvalue weighted by atomic mass is 16.3. The number of nitrogens with two attached hydrogens (primary N) is 1. The van der Waals surface area contributed by atoms with Crippen molar-refractivity contribution in [3.8, 4) is 0 Å². The van der Waals surface area contributed by atoms with Gasteiger partial charge in [-0.05, 0) is 69.6 Å². The standard InChI is InChI=1S/C38H52N6O4/c1-38(2,3)43-37(48)33-20-27-14-7-8-15-28(27)23-44(33)24-34(45)31(19-25-11-5-4-6-12-25)42-36(47)32(21-35(39)46)40-22-29-18-17-26-13-9-10-16-30(26)41-29/h4-6,9-13,16-18,27-28,31-34,40,45H,7-8,14-15,19-24H2,1-3H3,(H2,39,46)(H,42,47)(H,43,48)/t27-,28+,31?,32-,33?,34?/m0/s1. The number of pyridine rings is 1. The third-order valence-electron chi connectivity index (χ3n) is 9.72. The fourth-order valence-corrected chi connectivity index (χ4v) is 7.32. The molecule has 6 atom stereocenters. The highest BCUT2D eigenvalue weighted by molar-refractivity contribution is 5.88. The molecule has 1 aliphatic heterocycles. The van der Waals surface area contributed by atoms with Gasteiger partial charge in [-0.1, -0.05) is 73.9 Å². The zero-order chi connectivity index (χ0) is 34.3. The quantitative estimate of drug-likeness (QED) is 0.189. The molecule has 1 aromatic heterocycles. The van der Waals surface area contributed by atoms with Gasteiger partial charge in [-0.15, -0.1) is 0 Å². The lowest BCUT2D eigenvalue weighted by molar-refractivity contribution is -0.133. The van der Waals surface area contributed by atoms with E-state index in [0.717, 1.165) is 48.0 Å². The summed E-state index contributed by atoms with van der Waals surface area (Å²) in [5, 5.41) is 22.3. The molecule has 2 fully saturated rings. The molecule has 2 heterocycles. The number of primary amides is 1. The third kappa shape index (κ3) is 9.84.